The molecule has 2 aromatic rings. The molecule has 1 saturated carbocycles. The average Bonchev–Trinajstić information content (AvgIpc) is 3.72. The van der Waals surface area contributed by atoms with Crippen LogP contribution in [0.3, 0.4) is 0 Å². The Morgan fingerprint density at radius 2 is 1.82 bits per heavy atom. The highest BCUT2D eigenvalue weighted by molar-refractivity contribution is 6.23. The molecule has 2 N–H and O–H groups in total. The van der Waals surface area contributed by atoms with Crippen molar-refractivity contribution in [3.05, 3.63) is 47.2 Å². The zero-order valence-corrected chi connectivity index (χ0v) is 21.9. The molecule has 7 nitrogen and oxygen atoms in total. The Morgan fingerprint density at radius 3 is 2.46 bits per heavy atom. The number of amides is 1. The molecule has 2 fully saturated rings. The molecule has 1 amide bonds. The van der Waals surface area contributed by atoms with E-state index in [0.717, 1.165) is 36.0 Å². The molecule has 2 aliphatic carbocycles. The van der Waals surface area contributed by atoms with Crippen LogP contribution >= 0.6 is 11.6 Å². The summed E-state index contributed by atoms with van der Waals surface area (Å²) >= 11 is 6.60. The lowest BCUT2D eigenvalue weighted by Gasteiger charge is -2.38. The Bertz CT molecular complexity index is 1170. The van der Waals surface area contributed by atoms with Gasteiger partial charge in [0.05, 0.1) is 12.0 Å². The van der Waals surface area contributed by atoms with E-state index in [1.54, 1.807) is 4.90 Å². The number of hydrogen-bond acceptors (Lipinski definition) is 6. The first-order valence-corrected chi connectivity index (χ1v) is 13.6. The third-order valence-electron chi connectivity index (χ3n) is 7.66. The van der Waals surface area contributed by atoms with Crippen LogP contribution < -0.4 is 10.6 Å². The van der Waals surface area contributed by atoms with E-state index in [2.05, 4.69) is 20.6 Å². The van der Waals surface area contributed by atoms with Crippen LogP contribution in [0.25, 0.3) is 0 Å². The number of likely N-dealkylation sites (tertiary alicyclic amines) is 1. The van der Waals surface area contributed by atoms with Gasteiger partial charge in [0.25, 0.3) is 5.92 Å². The number of hydrogen-bond donors (Lipinski definition) is 2. The van der Waals surface area contributed by atoms with E-state index in [9.17, 15) is 26.7 Å². The minimum absolute atomic E-state index is 0.0134. The van der Waals surface area contributed by atoms with Crippen molar-refractivity contribution in [2.24, 2.45) is 5.92 Å². The van der Waals surface area contributed by atoms with Crippen molar-refractivity contribution in [1.82, 2.24) is 25.2 Å². The summed E-state index contributed by atoms with van der Waals surface area (Å²) in [5, 5.41) is 5.75. The molecule has 0 bridgehead atoms. The quantitative estimate of drug-likeness (QED) is 0.344. The molecule has 0 aromatic carbocycles. The zero-order valence-electron chi connectivity index (χ0n) is 21.2. The lowest BCUT2D eigenvalue weighted by Crippen LogP contribution is -2.46. The first kappa shape index (κ1) is 27.9. The second-order valence-electron chi connectivity index (χ2n) is 10.6. The summed E-state index contributed by atoms with van der Waals surface area (Å²) in [6, 6.07) is 3.02. The topological polar surface area (TPSA) is 83.0 Å². The number of piperidine rings is 1. The van der Waals surface area contributed by atoms with Crippen LogP contribution in [0.4, 0.5) is 27.8 Å². The first-order valence-electron chi connectivity index (χ1n) is 13.2. The molecule has 3 heterocycles. The fraction of sp³-hybridized carbons (Fsp3) is 0.615. The van der Waals surface area contributed by atoms with Gasteiger partial charge in [-0.25, -0.2) is 23.7 Å². The fourth-order valence-corrected chi connectivity index (χ4v) is 5.55. The summed E-state index contributed by atoms with van der Waals surface area (Å²) in [7, 11) is 0. The third kappa shape index (κ3) is 6.77. The van der Waals surface area contributed by atoms with Crippen LogP contribution in [-0.4, -0.2) is 63.2 Å². The van der Waals surface area contributed by atoms with Crippen molar-refractivity contribution in [2.75, 3.05) is 31.5 Å². The van der Waals surface area contributed by atoms with Crippen LogP contribution in [0.15, 0.2) is 24.5 Å². The number of carbonyl (C=O) groups is 1. The number of halogens is 6. The van der Waals surface area contributed by atoms with Crippen molar-refractivity contribution in [2.45, 2.75) is 68.0 Å². The molecular formula is C26H30ClF5N6O. The van der Waals surface area contributed by atoms with Gasteiger partial charge in [0.15, 0.2) is 0 Å². The van der Waals surface area contributed by atoms with Gasteiger partial charge in [-0.05, 0) is 43.2 Å². The highest BCUT2D eigenvalue weighted by atomic mass is 35.5. The molecule has 212 valence electrons. The summed E-state index contributed by atoms with van der Waals surface area (Å²) in [5.74, 6) is -3.67. The van der Waals surface area contributed by atoms with Crippen molar-refractivity contribution in [1.29, 1.82) is 0 Å². The van der Waals surface area contributed by atoms with Gasteiger partial charge in [-0.3, -0.25) is 9.69 Å². The summed E-state index contributed by atoms with van der Waals surface area (Å²) in [4.78, 5) is 26.7. The van der Waals surface area contributed by atoms with Gasteiger partial charge >= 0.3 is 6.18 Å². The number of aromatic nitrogens is 3. The van der Waals surface area contributed by atoms with Gasteiger partial charge < -0.3 is 10.6 Å². The number of anilines is 1. The molecule has 1 saturated heterocycles. The summed E-state index contributed by atoms with van der Waals surface area (Å²) in [5.41, 5.74) is 1.84. The second kappa shape index (κ2) is 11.1. The molecule has 3 atom stereocenters. The molecule has 3 unspecified atom stereocenters. The van der Waals surface area contributed by atoms with E-state index < -0.39 is 35.3 Å². The maximum atomic E-state index is 13.8. The number of pyridine rings is 1. The molecular weight excluding hydrogens is 543 g/mol. The van der Waals surface area contributed by atoms with Crippen molar-refractivity contribution in [3.63, 3.8) is 0 Å². The van der Waals surface area contributed by atoms with Gasteiger partial charge in [0, 0.05) is 68.0 Å². The van der Waals surface area contributed by atoms with Crippen LogP contribution in [0, 0.1) is 5.92 Å². The van der Waals surface area contributed by atoms with Crippen molar-refractivity contribution in [3.8, 4) is 0 Å². The standard InChI is InChI=1S/C26H30ClF5N6O/c27-18-4-5-19-17(3-6-21(37-19)33-11-15-1-2-15)22(18)23(39)34-14-20(38-9-7-25(28,29)8-10-38)16-12-35-24(36-13-16)26(30,31)32/h3,6,12-13,15,18,20,22H,1-2,4-5,7-11,14H2,(H,33,37)(H,34,39). The van der Waals surface area contributed by atoms with Crippen LogP contribution in [0.5, 0.6) is 0 Å². The number of nitrogens with zero attached hydrogens (tertiary/aromatic N) is 4. The number of fused-ring (bicyclic) bond motifs is 1. The summed E-state index contributed by atoms with van der Waals surface area (Å²) < 4.78 is 66.6. The predicted octanol–water partition coefficient (Wildman–Crippen LogP) is 4.94. The van der Waals surface area contributed by atoms with Gasteiger partial charge in [0.2, 0.25) is 11.7 Å². The van der Waals surface area contributed by atoms with Crippen molar-refractivity contribution < 1.29 is 26.7 Å². The molecule has 2 aromatic heterocycles. The maximum absolute atomic E-state index is 13.8. The van der Waals surface area contributed by atoms with Gasteiger partial charge in [-0.2, -0.15) is 13.2 Å². The van der Waals surface area contributed by atoms with E-state index in [-0.39, 0.29) is 38.4 Å². The SMILES string of the molecule is O=C(NCC(c1cnc(C(F)(F)F)nc1)N1CCC(F)(F)CC1)C1c2ccc(NCC3CC3)nc2CCC1Cl. The largest absolute Gasteiger partial charge is 0.451 e. The molecule has 0 radical (unpaired) electrons. The molecule has 39 heavy (non-hydrogen) atoms. The maximum Gasteiger partial charge on any atom is 0.451 e. The molecule has 13 heteroatoms. The lowest BCUT2D eigenvalue weighted by molar-refractivity contribution is -0.145. The number of nitrogens with one attached hydrogen (secondary N) is 2. The van der Waals surface area contributed by atoms with E-state index in [1.807, 2.05) is 12.1 Å². The number of rotatable bonds is 8. The molecule has 1 aliphatic heterocycles. The Kier molecular flexibility index (Phi) is 7.96. The molecule has 0 spiro atoms. The molecule has 3 aliphatic rings. The third-order valence-corrected chi connectivity index (χ3v) is 8.13. The predicted molar refractivity (Wildman–Crippen MR) is 135 cm³/mol. The Hall–Kier alpha value is -2.60. The summed E-state index contributed by atoms with van der Waals surface area (Å²) in [6.07, 6.45) is 0.229. The highest BCUT2D eigenvalue weighted by Gasteiger charge is 2.39. The average molecular weight is 573 g/mol. The number of carbonyl (C=O) groups excluding carboxylic acids is 1. The number of aryl methyl sites for hydroxylation is 1. The monoisotopic (exact) mass is 572 g/mol. The first-order chi connectivity index (χ1) is 18.5. The highest BCUT2D eigenvalue weighted by Crippen LogP contribution is 2.37. The van der Waals surface area contributed by atoms with Crippen LogP contribution in [-0.2, 0) is 17.4 Å². The van der Waals surface area contributed by atoms with E-state index in [1.165, 1.54) is 12.8 Å². The smallest absolute Gasteiger partial charge is 0.370 e. The van der Waals surface area contributed by atoms with E-state index in [4.69, 9.17) is 16.6 Å². The van der Waals surface area contributed by atoms with Gasteiger partial charge in [-0.1, -0.05) is 6.07 Å². The Morgan fingerprint density at radius 1 is 1.13 bits per heavy atom. The van der Waals surface area contributed by atoms with Crippen LogP contribution in [0.1, 0.15) is 66.7 Å². The zero-order chi connectivity index (χ0) is 27.8. The van der Waals surface area contributed by atoms with Gasteiger partial charge in [0.1, 0.15) is 5.82 Å². The van der Waals surface area contributed by atoms with Gasteiger partial charge in [-0.15, -0.1) is 11.6 Å². The second-order valence-corrected chi connectivity index (χ2v) is 11.1. The van der Waals surface area contributed by atoms with E-state index in [0.29, 0.717) is 24.3 Å². The summed E-state index contributed by atoms with van der Waals surface area (Å²) in [6.45, 7) is 0.868. The Balaban J connectivity index is 1.31. The van der Waals surface area contributed by atoms with Crippen LogP contribution in [0.2, 0.25) is 0 Å². The number of alkyl halides is 6. The minimum atomic E-state index is -4.71. The fourth-order valence-electron chi connectivity index (χ4n) is 5.19. The lowest BCUT2D eigenvalue weighted by atomic mass is 9.84. The van der Waals surface area contributed by atoms with E-state index >= 15 is 0 Å². The minimum Gasteiger partial charge on any atom is -0.370 e. The molecule has 5 rings (SSSR count). The Labute approximate surface area is 227 Å². The van der Waals surface area contributed by atoms with Crippen molar-refractivity contribution >= 4 is 23.3 Å². The normalized spacial score (nSPS) is 24.1.